The van der Waals surface area contributed by atoms with Crippen LogP contribution >= 0.6 is 22.9 Å². The number of ketones is 1. The minimum absolute atomic E-state index is 0.00322. The van der Waals surface area contributed by atoms with E-state index in [0.717, 1.165) is 16.0 Å². The average molecular weight is 417 g/mol. The SMILES string of the molecule is COc1ccc(/C=C/C(=O)c2ccc(C)s2)cc1COc1ccc(F)c(Cl)c1. The molecule has 0 fully saturated rings. The Morgan fingerprint density at radius 3 is 2.68 bits per heavy atom. The molecule has 0 aliphatic heterocycles. The first kappa shape index (κ1) is 20.1. The van der Waals surface area contributed by atoms with Crippen LogP contribution in [0.25, 0.3) is 6.08 Å². The molecule has 0 N–H and O–H groups in total. The third-order valence-corrected chi connectivity index (χ3v) is 5.31. The van der Waals surface area contributed by atoms with Gasteiger partial charge < -0.3 is 9.47 Å². The lowest BCUT2D eigenvalue weighted by Gasteiger charge is -2.11. The van der Waals surface area contributed by atoms with Crippen LogP contribution in [0, 0.1) is 12.7 Å². The third kappa shape index (κ3) is 5.00. The van der Waals surface area contributed by atoms with E-state index in [1.165, 1.54) is 29.5 Å². The first-order valence-corrected chi connectivity index (χ1v) is 9.69. The van der Waals surface area contributed by atoms with Gasteiger partial charge in [-0.15, -0.1) is 11.3 Å². The van der Waals surface area contributed by atoms with Crippen molar-refractivity contribution in [3.8, 4) is 11.5 Å². The molecule has 0 radical (unpaired) electrons. The largest absolute Gasteiger partial charge is 0.496 e. The summed E-state index contributed by atoms with van der Waals surface area (Å²) >= 11 is 7.25. The monoisotopic (exact) mass is 416 g/mol. The molecule has 6 heteroatoms. The van der Waals surface area contributed by atoms with E-state index in [-0.39, 0.29) is 17.4 Å². The second-order valence-electron chi connectivity index (χ2n) is 6.04. The van der Waals surface area contributed by atoms with Crippen LogP contribution in [0.2, 0.25) is 5.02 Å². The highest BCUT2D eigenvalue weighted by Gasteiger charge is 2.08. The van der Waals surface area contributed by atoms with E-state index < -0.39 is 5.82 Å². The second-order valence-corrected chi connectivity index (χ2v) is 7.74. The third-order valence-electron chi connectivity index (χ3n) is 4.00. The minimum Gasteiger partial charge on any atom is -0.496 e. The molecule has 3 aromatic rings. The number of halogens is 2. The fourth-order valence-electron chi connectivity index (χ4n) is 2.56. The molecule has 0 atom stereocenters. The fraction of sp³-hybridized carbons (Fsp3) is 0.136. The average Bonchev–Trinajstić information content (AvgIpc) is 3.13. The zero-order chi connectivity index (χ0) is 20.1. The van der Waals surface area contributed by atoms with Crippen molar-refractivity contribution in [2.75, 3.05) is 7.11 Å². The van der Waals surface area contributed by atoms with Crippen molar-refractivity contribution < 1.29 is 18.7 Å². The maximum absolute atomic E-state index is 13.3. The Kier molecular flexibility index (Phi) is 6.49. The van der Waals surface area contributed by atoms with Gasteiger partial charge in [-0.1, -0.05) is 23.7 Å². The highest BCUT2D eigenvalue weighted by molar-refractivity contribution is 7.14. The van der Waals surface area contributed by atoms with Crippen molar-refractivity contribution in [3.63, 3.8) is 0 Å². The Hall–Kier alpha value is -2.63. The predicted octanol–water partition coefficient (Wildman–Crippen LogP) is 6.33. The molecule has 0 unspecified atom stereocenters. The summed E-state index contributed by atoms with van der Waals surface area (Å²) in [6.45, 7) is 2.18. The van der Waals surface area contributed by atoms with Gasteiger partial charge >= 0.3 is 0 Å². The standard InChI is InChI=1S/C22H18ClFO3S/c1-14-3-10-22(28-14)20(25)8-4-15-5-9-21(26-2)16(11-15)13-27-17-6-7-19(24)18(23)12-17/h3-12H,13H2,1-2H3/b8-4+. The molecule has 0 bridgehead atoms. The van der Waals surface area contributed by atoms with Gasteiger partial charge in [0.2, 0.25) is 0 Å². The number of aryl methyl sites for hydroxylation is 1. The summed E-state index contributed by atoms with van der Waals surface area (Å²) in [5, 5.41) is 0.00322. The van der Waals surface area contributed by atoms with Crippen molar-refractivity contribution in [1.82, 2.24) is 0 Å². The topological polar surface area (TPSA) is 35.5 Å². The summed E-state index contributed by atoms with van der Waals surface area (Å²) in [7, 11) is 1.58. The highest BCUT2D eigenvalue weighted by atomic mass is 35.5. The molecule has 2 aromatic carbocycles. The van der Waals surface area contributed by atoms with Crippen molar-refractivity contribution in [3.05, 3.63) is 86.3 Å². The van der Waals surface area contributed by atoms with Gasteiger partial charge in [0.1, 0.15) is 23.9 Å². The number of methoxy groups -OCH3 is 1. The van der Waals surface area contributed by atoms with Gasteiger partial charge in [0.15, 0.2) is 5.78 Å². The van der Waals surface area contributed by atoms with Crippen LogP contribution in [0.1, 0.15) is 25.7 Å². The van der Waals surface area contributed by atoms with E-state index in [1.54, 1.807) is 19.3 Å². The molecule has 0 amide bonds. The van der Waals surface area contributed by atoms with Gasteiger partial charge in [-0.05, 0) is 55.0 Å². The summed E-state index contributed by atoms with van der Waals surface area (Å²) in [6.07, 6.45) is 3.31. The van der Waals surface area contributed by atoms with Crippen LogP contribution in [0.4, 0.5) is 4.39 Å². The van der Waals surface area contributed by atoms with Gasteiger partial charge in [0.05, 0.1) is 17.0 Å². The van der Waals surface area contributed by atoms with E-state index in [2.05, 4.69) is 0 Å². The number of carbonyl (C=O) groups is 1. The molecule has 144 valence electrons. The molecule has 0 saturated heterocycles. The lowest BCUT2D eigenvalue weighted by molar-refractivity contribution is 0.105. The maximum atomic E-state index is 13.3. The quantitative estimate of drug-likeness (QED) is 0.333. The number of allylic oxidation sites excluding steroid dienone is 1. The van der Waals surface area contributed by atoms with Gasteiger partial charge in [-0.2, -0.15) is 0 Å². The molecule has 0 aliphatic rings. The van der Waals surface area contributed by atoms with Crippen molar-refractivity contribution in [1.29, 1.82) is 0 Å². The summed E-state index contributed by atoms with van der Waals surface area (Å²) in [5.74, 6) is 0.584. The van der Waals surface area contributed by atoms with E-state index >= 15 is 0 Å². The smallest absolute Gasteiger partial charge is 0.195 e. The Balaban J connectivity index is 1.74. The van der Waals surface area contributed by atoms with Crippen LogP contribution < -0.4 is 9.47 Å². The lowest BCUT2D eigenvalue weighted by atomic mass is 10.1. The van der Waals surface area contributed by atoms with E-state index in [9.17, 15) is 9.18 Å². The number of rotatable bonds is 7. The number of hydrogen-bond acceptors (Lipinski definition) is 4. The van der Waals surface area contributed by atoms with Crippen LogP contribution in [0.5, 0.6) is 11.5 Å². The number of ether oxygens (including phenoxy) is 2. The van der Waals surface area contributed by atoms with E-state index in [1.807, 2.05) is 37.3 Å². The molecular weight excluding hydrogens is 399 g/mol. The van der Waals surface area contributed by atoms with Crippen LogP contribution in [0.15, 0.2) is 54.6 Å². The molecular formula is C22H18ClFO3S. The summed E-state index contributed by atoms with van der Waals surface area (Å²) in [6, 6.07) is 13.5. The van der Waals surface area contributed by atoms with E-state index in [4.69, 9.17) is 21.1 Å². The molecule has 3 rings (SSSR count). The number of carbonyl (C=O) groups excluding carboxylic acids is 1. The minimum atomic E-state index is -0.496. The highest BCUT2D eigenvalue weighted by Crippen LogP contribution is 2.25. The zero-order valence-electron chi connectivity index (χ0n) is 15.4. The number of hydrogen-bond donors (Lipinski definition) is 0. The molecule has 1 aromatic heterocycles. The first-order chi connectivity index (χ1) is 13.5. The van der Waals surface area contributed by atoms with E-state index in [0.29, 0.717) is 16.4 Å². The van der Waals surface area contributed by atoms with Crippen molar-refractivity contribution in [2.24, 2.45) is 0 Å². The molecule has 1 heterocycles. The molecule has 28 heavy (non-hydrogen) atoms. The summed E-state index contributed by atoms with van der Waals surface area (Å²) in [4.78, 5) is 14.0. The second kappa shape index (κ2) is 9.04. The Bertz CT molecular complexity index is 1030. The zero-order valence-corrected chi connectivity index (χ0v) is 16.9. The Labute approximate surface area is 172 Å². The maximum Gasteiger partial charge on any atom is 0.195 e. The molecule has 0 saturated carbocycles. The molecule has 3 nitrogen and oxygen atoms in total. The van der Waals surface area contributed by atoms with Crippen molar-refractivity contribution in [2.45, 2.75) is 13.5 Å². The normalized spacial score (nSPS) is 11.0. The Morgan fingerprint density at radius 1 is 1.18 bits per heavy atom. The molecule has 0 aliphatic carbocycles. The predicted molar refractivity (Wildman–Crippen MR) is 111 cm³/mol. The summed E-state index contributed by atoms with van der Waals surface area (Å²) < 4.78 is 24.3. The first-order valence-electron chi connectivity index (χ1n) is 8.50. The van der Waals surface area contributed by atoms with Crippen LogP contribution in [-0.4, -0.2) is 12.9 Å². The molecule has 0 spiro atoms. The van der Waals surface area contributed by atoms with Crippen LogP contribution in [-0.2, 0) is 6.61 Å². The van der Waals surface area contributed by atoms with Gasteiger partial charge in [-0.3, -0.25) is 4.79 Å². The van der Waals surface area contributed by atoms with Gasteiger partial charge in [0.25, 0.3) is 0 Å². The van der Waals surface area contributed by atoms with Gasteiger partial charge in [-0.25, -0.2) is 4.39 Å². The van der Waals surface area contributed by atoms with Crippen molar-refractivity contribution >= 4 is 34.8 Å². The number of thiophene rings is 1. The Morgan fingerprint density at radius 2 is 2.00 bits per heavy atom. The summed E-state index contributed by atoms with van der Waals surface area (Å²) in [5.41, 5.74) is 1.64. The lowest BCUT2D eigenvalue weighted by Crippen LogP contribution is -1.99. The fourth-order valence-corrected chi connectivity index (χ4v) is 3.52. The van der Waals surface area contributed by atoms with Gasteiger partial charge in [0, 0.05) is 16.5 Å². The number of benzene rings is 2. The van der Waals surface area contributed by atoms with Crippen LogP contribution in [0.3, 0.4) is 0 Å².